The Labute approximate surface area is 96.3 Å². The Morgan fingerprint density at radius 1 is 1.00 bits per heavy atom. The van der Waals surface area contributed by atoms with Crippen molar-refractivity contribution in [2.45, 2.75) is 47.0 Å². The van der Waals surface area contributed by atoms with E-state index in [0.717, 1.165) is 0 Å². The number of rotatable bonds is 5. The minimum Gasteiger partial charge on any atom is -0.0654 e. The lowest BCUT2D eigenvalue weighted by molar-refractivity contribution is 0.778. The summed E-state index contributed by atoms with van der Waals surface area (Å²) in [5.74, 6) is 0. The number of aryl methyl sites for hydroxylation is 3. The molecule has 0 unspecified atom stereocenters. The normalized spacial score (nSPS) is 11.5. The quantitative estimate of drug-likeness (QED) is 0.511. The van der Waals surface area contributed by atoms with Crippen molar-refractivity contribution >= 4 is 13.9 Å². The smallest absolute Gasteiger partial charge is 0.0135 e. The maximum atomic E-state index is 2.30. The first-order chi connectivity index (χ1) is 7.15. The molecular weight excluding hydrogens is 199 g/mol. The molecule has 1 aromatic carbocycles. The van der Waals surface area contributed by atoms with E-state index in [4.69, 9.17) is 0 Å². The van der Waals surface area contributed by atoms with Gasteiger partial charge in [-0.05, 0) is 58.4 Å². The Balaban J connectivity index is 2.60. The van der Waals surface area contributed by atoms with Gasteiger partial charge in [-0.25, -0.2) is 0 Å². The van der Waals surface area contributed by atoms with Gasteiger partial charge in [0.05, 0.1) is 0 Å². The molecule has 1 heteroatoms. The Morgan fingerprint density at radius 3 is 2.13 bits per heavy atom. The van der Waals surface area contributed by atoms with Gasteiger partial charge in [-0.15, -0.1) is 0 Å². The highest BCUT2D eigenvalue weighted by molar-refractivity contribution is 7.47. The van der Waals surface area contributed by atoms with Crippen molar-refractivity contribution in [3.8, 4) is 0 Å². The van der Waals surface area contributed by atoms with Crippen molar-refractivity contribution in [3.05, 3.63) is 28.8 Å². The van der Waals surface area contributed by atoms with Gasteiger partial charge in [0, 0.05) is 0 Å². The molecule has 0 nitrogen and oxygen atoms in total. The van der Waals surface area contributed by atoms with Crippen LogP contribution in [-0.4, -0.2) is 6.16 Å². The lowest BCUT2D eigenvalue weighted by Gasteiger charge is -2.10. The third-order valence-electron chi connectivity index (χ3n) is 2.67. The highest BCUT2D eigenvalue weighted by Gasteiger charge is 2.03. The fourth-order valence-electron chi connectivity index (χ4n) is 1.97. The van der Waals surface area contributed by atoms with Crippen molar-refractivity contribution in [2.75, 3.05) is 6.16 Å². The van der Waals surface area contributed by atoms with E-state index in [2.05, 4.69) is 39.8 Å². The number of benzene rings is 1. The lowest BCUT2D eigenvalue weighted by atomic mass is 10.1. The highest BCUT2D eigenvalue weighted by Crippen LogP contribution is 2.19. The second-order valence-corrected chi connectivity index (χ2v) is 5.55. The van der Waals surface area contributed by atoms with Gasteiger partial charge in [0.1, 0.15) is 0 Å². The van der Waals surface area contributed by atoms with Crippen LogP contribution < -0.4 is 5.30 Å². The molecule has 0 atom stereocenters. The second-order valence-electron chi connectivity index (χ2n) is 4.34. The van der Waals surface area contributed by atoms with Crippen LogP contribution in [0.3, 0.4) is 0 Å². The van der Waals surface area contributed by atoms with E-state index in [1.54, 1.807) is 5.30 Å². The first kappa shape index (κ1) is 12.7. The van der Waals surface area contributed by atoms with Crippen LogP contribution in [0.15, 0.2) is 12.1 Å². The summed E-state index contributed by atoms with van der Waals surface area (Å²) in [6, 6.07) is 4.60. The zero-order chi connectivity index (χ0) is 11.3. The molecule has 0 N–H and O–H groups in total. The van der Waals surface area contributed by atoms with Crippen LogP contribution in [0.2, 0.25) is 0 Å². The summed E-state index contributed by atoms with van der Waals surface area (Å²) in [7, 11) is 1.52. The Bertz CT molecular complexity index is 292. The van der Waals surface area contributed by atoms with E-state index in [1.807, 2.05) is 0 Å². The molecule has 83 valence electrons. The van der Waals surface area contributed by atoms with E-state index in [0.29, 0.717) is 0 Å². The monoisotopic (exact) mass is 221 g/mol. The maximum Gasteiger partial charge on any atom is -0.0135 e. The zero-order valence-corrected chi connectivity index (χ0v) is 11.3. The van der Waals surface area contributed by atoms with E-state index in [-0.39, 0.29) is 0 Å². The predicted molar refractivity (Wildman–Crippen MR) is 71.6 cm³/mol. The molecule has 0 aliphatic rings. The average molecular weight is 221 g/mol. The summed E-state index contributed by atoms with van der Waals surface area (Å²) >= 11 is 0. The standard InChI is InChI=1S/C14H22P/c1-5-6-7-8-15-14-12(3)9-11(2)10-13(14)4/h9-10H,5-8H2,1-4H3. The summed E-state index contributed by atoms with van der Waals surface area (Å²) in [4.78, 5) is 0. The molecule has 0 amide bonds. The van der Waals surface area contributed by atoms with Gasteiger partial charge in [0.25, 0.3) is 0 Å². The summed E-state index contributed by atoms with van der Waals surface area (Å²) < 4.78 is 0. The SMILES string of the molecule is CCCCC[P]c1c(C)cc(C)cc1C. The summed E-state index contributed by atoms with van der Waals surface area (Å²) in [6.45, 7) is 8.92. The van der Waals surface area contributed by atoms with Crippen molar-refractivity contribution < 1.29 is 0 Å². The predicted octanol–water partition coefficient (Wildman–Crippen LogP) is 4.37. The fourth-order valence-corrected chi connectivity index (χ4v) is 3.21. The molecule has 0 saturated carbocycles. The minimum absolute atomic E-state index is 1.32. The van der Waals surface area contributed by atoms with Gasteiger partial charge in [-0.1, -0.05) is 37.5 Å². The van der Waals surface area contributed by atoms with Crippen molar-refractivity contribution in [3.63, 3.8) is 0 Å². The molecule has 1 aromatic rings. The van der Waals surface area contributed by atoms with Crippen LogP contribution in [0.5, 0.6) is 0 Å². The molecule has 1 radical (unpaired) electrons. The number of unbranched alkanes of at least 4 members (excludes halogenated alkanes) is 2. The molecule has 1 rings (SSSR count). The first-order valence-electron chi connectivity index (χ1n) is 5.90. The van der Waals surface area contributed by atoms with Gasteiger partial charge < -0.3 is 0 Å². The van der Waals surface area contributed by atoms with Crippen LogP contribution in [-0.2, 0) is 0 Å². The minimum atomic E-state index is 1.32. The van der Waals surface area contributed by atoms with Crippen LogP contribution in [0.1, 0.15) is 42.9 Å². The van der Waals surface area contributed by atoms with Crippen molar-refractivity contribution in [1.29, 1.82) is 0 Å². The molecular formula is C14H22P. The van der Waals surface area contributed by atoms with E-state index < -0.39 is 0 Å². The number of hydrogen-bond acceptors (Lipinski definition) is 0. The second kappa shape index (κ2) is 6.28. The Kier molecular flexibility index (Phi) is 5.32. The number of hydrogen-bond donors (Lipinski definition) is 0. The lowest BCUT2D eigenvalue weighted by Crippen LogP contribution is -2.06. The molecule has 0 saturated heterocycles. The maximum absolute atomic E-state index is 2.30. The summed E-state index contributed by atoms with van der Waals surface area (Å²) in [5.41, 5.74) is 4.31. The largest absolute Gasteiger partial charge is 0.0654 e. The third-order valence-corrected chi connectivity index (χ3v) is 4.23. The molecule has 0 bridgehead atoms. The topological polar surface area (TPSA) is 0 Å². The van der Waals surface area contributed by atoms with Crippen LogP contribution >= 0.6 is 8.58 Å². The molecule has 15 heavy (non-hydrogen) atoms. The van der Waals surface area contributed by atoms with Gasteiger partial charge >= 0.3 is 0 Å². The van der Waals surface area contributed by atoms with Gasteiger partial charge in [-0.3, -0.25) is 0 Å². The van der Waals surface area contributed by atoms with Crippen LogP contribution in [0.4, 0.5) is 0 Å². The fraction of sp³-hybridized carbons (Fsp3) is 0.571. The van der Waals surface area contributed by atoms with Gasteiger partial charge in [-0.2, -0.15) is 0 Å². The molecule has 0 aliphatic carbocycles. The molecule has 0 heterocycles. The van der Waals surface area contributed by atoms with Crippen LogP contribution in [0, 0.1) is 20.8 Å². The van der Waals surface area contributed by atoms with E-state index >= 15 is 0 Å². The van der Waals surface area contributed by atoms with Crippen molar-refractivity contribution in [2.24, 2.45) is 0 Å². The molecule has 0 fully saturated rings. The van der Waals surface area contributed by atoms with E-state index in [9.17, 15) is 0 Å². The molecule has 0 spiro atoms. The van der Waals surface area contributed by atoms with Gasteiger partial charge in [0.15, 0.2) is 0 Å². The third kappa shape index (κ3) is 3.95. The summed E-state index contributed by atoms with van der Waals surface area (Å²) in [6.07, 6.45) is 5.38. The van der Waals surface area contributed by atoms with Crippen LogP contribution in [0.25, 0.3) is 0 Å². The van der Waals surface area contributed by atoms with Crippen molar-refractivity contribution in [1.82, 2.24) is 0 Å². The zero-order valence-electron chi connectivity index (χ0n) is 10.4. The first-order valence-corrected chi connectivity index (χ1v) is 6.98. The Morgan fingerprint density at radius 2 is 1.60 bits per heavy atom. The Hall–Kier alpha value is -0.350. The average Bonchev–Trinajstić information content (AvgIpc) is 2.15. The van der Waals surface area contributed by atoms with Gasteiger partial charge in [0.2, 0.25) is 0 Å². The molecule has 0 aliphatic heterocycles. The summed E-state index contributed by atoms with van der Waals surface area (Å²) in [5, 5.41) is 1.55. The molecule has 0 aromatic heterocycles. The van der Waals surface area contributed by atoms with E-state index in [1.165, 1.54) is 50.7 Å². The highest BCUT2D eigenvalue weighted by atomic mass is 31.1.